The van der Waals surface area contributed by atoms with Gasteiger partial charge in [-0.05, 0) is 89.0 Å². The van der Waals surface area contributed by atoms with Crippen molar-refractivity contribution in [3.63, 3.8) is 0 Å². The number of Topliss-reactive ketones (excluding diaryl/α,β-unsaturated/α-hetero) is 1. The highest BCUT2D eigenvalue weighted by Gasteiger charge is 2.49. The number of aryl methyl sites for hydroxylation is 2. The molecule has 4 aromatic heterocycles. The van der Waals surface area contributed by atoms with Gasteiger partial charge < -0.3 is 14.4 Å². The van der Waals surface area contributed by atoms with Crippen LogP contribution in [0.15, 0.2) is 36.7 Å². The number of hydrogen-bond donors (Lipinski definition) is 1. The van der Waals surface area contributed by atoms with Gasteiger partial charge in [-0.3, -0.25) is 19.6 Å². The van der Waals surface area contributed by atoms with Crippen molar-refractivity contribution in [1.29, 1.82) is 0 Å². The minimum atomic E-state index is -5.82. The molecule has 0 bridgehead atoms. The smallest absolute Gasteiger partial charge is 0.355 e. The Hall–Kier alpha value is -4.19. The van der Waals surface area contributed by atoms with Gasteiger partial charge >= 0.3 is 15.6 Å². The van der Waals surface area contributed by atoms with Crippen LogP contribution >= 0.6 is 35.6 Å². The molecule has 0 atom stereocenters. The number of rotatable bonds is 12. The van der Waals surface area contributed by atoms with E-state index in [1.54, 1.807) is 18.3 Å². The standard InChI is InChI=1S/C19H23ClN4O.C13H9ClF3N3O3S.C7H15NO.ClH/c1-12(2)9-14(25)11-24(3)19-15-5-4-6-16(15)22-18(23-19)17-10-13(20)7-8-21-17;14-7-4-5-18-10(6-7)11-19-9-3-1-2-8(9)12(20-11)23-24(21,22)13(15,16)17;1-4-5-7(9)8-6(2)3;/h7-8,10,12H,4-6,9,11H2,1-3H3;4-6H,1-3H2;6H,4-5H2,1-3H3,(H,8,9);1H. The molecule has 4 aromatic rings. The van der Waals surface area contributed by atoms with Crippen LogP contribution in [0.3, 0.4) is 0 Å². The molecule has 322 valence electrons. The van der Waals surface area contributed by atoms with Crippen LogP contribution in [0.1, 0.15) is 89.2 Å². The van der Waals surface area contributed by atoms with Gasteiger partial charge in [0.15, 0.2) is 17.4 Å². The second-order valence-corrected chi connectivity index (χ2v) is 16.9. The van der Waals surface area contributed by atoms with Crippen molar-refractivity contribution in [2.45, 2.75) is 104 Å². The van der Waals surface area contributed by atoms with Gasteiger partial charge in [0.1, 0.15) is 17.2 Å². The summed E-state index contributed by atoms with van der Waals surface area (Å²) in [5.41, 5.74) is -1.77. The Morgan fingerprint density at radius 1 is 0.864 bits per heavy atom. The monoisotopic (exact) mass is 902 g/mol. The summed E-state index contributed by atoms with van der Waals surface area (Å²) in [4.78, 5) is 50.7. The highest BCUT2D eigenvalue weighted by Crippen LogP contribution is 2.35. The van der Waals surface area contributed by atoms with Crippen molar-refractivity contribution in [2.75, 3.05) is 18.5 Å². The highest BCUT2D eigenvalue weighted by molar-refractivity contribution is 7.88. The van der Waals surface area contributed by atoms with E-state index >= 15 is 0 Å². The molecule has 2 aliphatic rings. The molecule has 20 heteroatoms. The Kier molecular flexibility index (Phi) is 18.2. The van der Waals surface area contributed by atoms with E-state index in [0.29, 0.717) is 71.8 Å². The van der Waals surface area contributed by atoms with E-state index in [2.05, 4.69) is 43.3 Å². The maximum absolute atomic E-state index is 12.6. The van der Waals surface area contributed by atoms with Gasteiger partial charge in [-0.1, -0.05) is 44.0 Å². The van der Waals surface area contributed by atoms with Crippen molar-refractivity contribution in [1.82, 2.24) is 35.2 Å². The average molecular weight is 904 g/mol. The van der Waals surface area contributed by atoms with E-state index in [1.807, 2.05) is 32.7 Å². The Morgan fingerprint density at radius 2 is 1.39 bits per heavy atom. The van der Waals surface area contributed by atoms with Crippen molar-refractivity contribution >= 4 is 63.2 Å². The lowest BCUT2D eigenvalue weighted by Crippen LogP contribution is -2.29. The molecule has 1 amide bonds. The van der Waals surface area contributed by atoms with E-state index in [0.717, 1.165) is 42.8 Å². The third kappa shape index (κ3) is 14.2. The van der Waals surface area contributed by atoms with Crippen LogP contribution in [0.25, 0.3) is 23.0 Å². The second kappa shape index (κ2) is 21.9. The molecule has 0 saturated carbocycles. The Balaban J connectivity index is 0.000000259. The highest BCUT2D eigenvalue weighted by atomic mass is 35.5. The number of ketones is 1. The molecular formula is C39H48Cl3F3N8O5S. The van der Waals surface area contributed by atoms with Gasteiger partial charge in [0.05, 0.1) is 12.2 Å². The topological polar surface area (TPSA) is 170 Å². The quantitative estimate of drug-likeness (QED) is 0.107. The van der Waals surface area contributed by atoms with Gasteiger partial charge in [0.2, 0.25) is 11.8 Å². The van der Waals surface area contributed by atoms with E-state index in [9.17, 15) is 31.2 Å². The number of pyridine rings is 2. The predicted octanol–water partition coefficient (Wildman–Crippen LogP) is 8.37. The summed E-state index contributed by atoms with van der Waals surface area (Å²) in [6, 6.07) is 6.70. The summed E-state index contributed by atoms with van der Waals surface area (Å²) in [7, 11) is -3.89. The first-order valence-electron chi connectivity index (χ1n) is 18.8. The van der Waals surface area contributed by atoms with Gasteiger partial charge in [-0.15, -0.1) is 12.4 Å². The third-order valence-corrected chi connectivity index (χ3v) is 9.93. The molecule has 4 heterocycles. The summed E-state index contributed by atoms with van der Waals surface area (Å²) in [6.07, 6.45) is 9.58. The zero-order chi connectivity index (χ0) is 42.8. The van der Waals surface area contributed by atoms with Crippen LogP contribution < -0.4 is 14.4 Å². The fourth-order valence-electron chi connectivity index (χ4n) is 6.11. The number of fused-ring (bicyclic) bond motifs is 2. The van der Waals surface area contributed by atoms with Crippen LogP contribution in [0.5, 0.6) is 5.88 Å². The molecule has 0 saturated heterocycles. The van der Waals surface area contributed by atoms with Crippen molar-refractivity contribution in [3.05, 3.63) is 69.2 Å². The molecule has 0 aromatic carbocycles. The molecular weight excluding hydrogens is 856 g/mol. The zero-order valence-electron chi connectivity index (χ0n) is 33.6. The molecule has 1 N–H and O–H groups in total. The van der Waals surface area contributed by atoms with E-state index in [-0.39, 0.29) is 47.2 Å². The second-order valence-electron chi connectivity index (χ2n) is 14.4. The van der Waals surface area contributed by atoms with E-state index in [1.165, 1.54) is 18.3 Å². The number of carbonyl (C=O) groups is 2. The predicted molar refractivity (Wildman–Crippen MR) is 223 cm³/mol. The zero-order valence-corrected chi connectivity index (χ0v) is 36.7. The Bertz CT molecular complexity index is 2200. The number of nitrogens with one attached hydrogen (secondary N) is 1. The molecule has 13 nitrogen and oxygen atoms in total. The van der Waals surface area contributed by atoms with Crippen LogP contribution in [0.2, 0.25) is 10.0 Å². The molecule has 0 unspecified atom stereocenters. The number of aromatic nitrogens is 6. The normalized spacial score (nSPS) is 13.0. The summed E-state index contributed by atoms with van der Waals surface area (Å²) < 4.78 is 64.5. The largest absolute Gasteiger partial charge is 0.534 e. The fourth-order valence-corrected chi connectivity index (χ4v) is 6.87. The number of amides is 1. The van der Waals surface area contributed by atoms with Gasteiger partial charge in [-0.2, -0.15) is 26.6 Å². The Labute approximate surface area is 358 Å². The third-order valence-electron chi connectivity index (χ3n) is 8.52. The summed E-state index contributed by atoms with van der Waals surface area (Å²) in [5.74, 6) is 1.50. The number of hydrogen-bond acceptors (Lipinski definition) is 12. The first-order chi connectivity index (χ1) is 27.3. The lowest BCUT2D eigenvalue weighted by Gasteiger charge is -2.21. The lowest BCUT2D eigenvalue weighted by atomic mass is 10.1. The molecule has 0 radical (unpaired) electrons. The first-order valence-corrected chi connectivity index (χ1v) is 21.0. The molecule has 0 fully saturated rings. The summed E-state index contributed by atoms with van der Waals surface area (Å²) in [6.45, 7) is 10.4. The SMILES string of the molecule is CC(C)CC(=O)CN(C)c1nc(-c2cc(Cl)ccn2)nc2c1CCC2.CCCC(=O)NC(C)C.Cl.O=S(=O)(Oc1nc(-c2cc(Cl)ccn2)nc2c1CCC2)C(F)(F)F. The first kappa shape index (κ1) is 49.2. The van der Waals surface area contributed by atoms with Gasteiger partial charge in [0.25, 0.3) is 0 Å². The average Bonchev–Trinajstić information content (AvgIpc) is 3.81. The lowest BCUT2D eigenvalue weighted by molar-refractivity contribution is -0.121. The van der Waals surface area contributed by atoms with Gasteiger partial charge in [-0.25, -0.2) is 15.0 Å². The molecule has 59 heavy (non-hydrogen) atoms. The number of alkyl halides is 3. The number of nitrogens with zero attached hydrogens (tertiary/aromatic N) is 7. The summed E-state index contributed by atoms with van der Waals surface area (Å²) in [5, 5.41) is 3.74. The van der Waals surface area contributed by atoms with Crippen molar-refractivity contribution in [2.24, 2.45) is 5.92 Å². The van der Waals surface area contributed by atoms with Crippen molar-refractivity contribution < 1.29 is 35.4 Å². The van der Waals surface area contributed by atoms with Crippen LogP contribution in [-0.4, -0.2) is 75.2 Å². The molecule has 0 spiro atoms. The van der Waals surface area contributed by atoms with E-state index < -0.39 is 21.5 Å². The minimum absolute atomic E-state index is 0. The molecule has 6 rings (SSSR count). The van der Waals surface area contributed by atoms with Crippen molar-refractivity contribution in [3.8, 4) is 28.9 Å². The van der Waals surface area contributed by atoms with Gasteiger partial charge in [0, 0.05) is 65.2 Å². The Morgan fingerprint density at radius 3 is 1.88 bits per heavy atom. The fraction of sp³-hybridized carbons (Fsp3) is 0.487. The van der Waals surface area contributed by atoms with Crippen LogP contribution in [-0.2, 0) is 45.4 Å². The maximum Gasteiger partial charge on any atom is 0.534 e. The molecule has 0 aliphatic heterocycles. The number of halogens is 6. The van der Waals surface area contributed by atoms with E-state index in [4.69, 9.17) is 33.2 Å². The van der Waals surface area contributed by atoms with Crippen LogP contribution in [0, 0.1) is 5.92 Å². The van der Waals surface area contributed by atoms with Crippen LogP contribution in [0.4, 0.5) is 19.0 Å². The number of anilines is 1. The molecule has 2 aliphatic carbocycles. The number of carbonyl (C=O) groups excluding carboxylic acids is 2. The number of likely N-dealkylation sites (N-methyl/N-ethyl adjacent to an activating group) is 1. The summed E-state index contributed by atoms with van der Waals surface area (Å²) >= 11 is 11.9. The maximum atomic E-state index is 12.6. The minimum Gasteiger partial charge on any atom is -0.355 e.